The average molecular weight is 288 g/mol. The molecule has 0 bridgehead atoms. The lowest BCUT2D eigenvalue weighted by atomic mass is 10.2. The molecule has 0 radical (unpaired) electrons. The van der Waals surface area contributed by atoms with E-state index in [1.54, 1.807) is 0 Å². The molecule has 0 aliphatic heterocycles. The highest BCUT2D eigenvalue weighted by Gasteiger charge is 2.08. The van der Waals surface area contributed by atoms with E-state index in [9.17, 15) is 0 Å². The summed E-state index contributed by atoms with van der Waals surface area (Å²) in [5.41, 5.74) is 2.37. The smallest absolute Gasteiger partial charge is 0.0597 e. The zero-order valence-corrected chi connectivity index (χ0v) is 12.2. The molecule has 92 valence electrons. The lowest BCUT2D eigenvalue weighted by Gasteiger charge is -2.15. The quantitative estimate of drug-likeness (QED) is 0.816. The summed E-state index contributed by atoms with van der Waals surface area (Å²) in [5.74, 6) is 0. The van der Waals surface area contributed by atoms with Gasteiger partial charge in [-0.2, -0.15) is 5.10 Å². The molecule has 0 amide bonds. The Labute approximate surface area is 107 Å². The van der Waals surface area contributed by atoms with E-state index < -0.39 is 0 Å². The molecule has 0 fully saturated rings. The molecule has 0 aliphatic rings. The van der Waals surface area contributed by atoms with Crippen molar-refractivity contribution >= 4 is 15.9 Å². The fourth-order valence-electron chi connectivity index (χ4n) is 1.86. The SMILES string of the molecule is CCn1nc(C)cc1CNC(C)CC(C)Br. The summed E-state index contributed by atoms with van der Waals surface area (Å²) in [4.78, 5) is 0.563. The van der Waals surface area contributed by atoms with E-state index in [4.69, 9.17) is 0 Å². The van der Waals surface area contributed by atoms with Crippen molar-refractivity contribution in [3.05, 3.63) is 17.5 Å². The van der Waals surface area contributed by atoms with Crippen molar-refractivity contribution < 1.29 is 0 Å². The summed E-state index contributed by atoms with van der Waals surface area (Å²) in [7, 11) is 0. The average Bonchev–Trinajstić information content (AvgIpc) is 2.55. The van der Waals surface area contributed by atoms with Crippen molar-refractivity contribution in [2.24, 2.45) is 0 Å². The first-order chi connectivity index (χ1) is 7.52. The molecule has 1 N–H and O–H groups in total. The fourth-order valence-corrected chi connectivity index (χ4v) is 2.43. The van der Waals surface area contributed by atoms with Gasteiger partial charge in [0.1, 0.15) is 0 Å². The molecule has 0 saturated carbocycles. The van der Waals surface area contributed by atoms with Gasteiger partial charge in [0, 0.05) is 24.0 Å². The van der Waals surface area contributed by atoms with Gasteiger partial charge in [0.2, 0.25) is 0 Å². The molecule has 1 heterocycles. The molecule has 1 rings (SSSR count). The second-order valence-corrected chi connectivity index (χ2v) is 5.95. The first kappa shape index (κ1) is 13.7. The highest BCUT2D eigenvalue weighted by atomic mass is 79.9. The number of hydrogen-bond acceptors (Lipinski definition) is 2. The van der Waals surface area contributed by atoms with Crippen LogP contribution in [0, 0.1) is 6.92 Å². The van der Waals surface area contributed by atoms with Crippen LogP contribution in [0.2, 0.25) is 0 Å². The number of aromatic nitrogens is 2. The van der Waals surface area contributed by atoms with Crippen LogP contribution in [0.3, 0.4) is 0 Å². The number of aryl methyl sites for hydroxylation is 2. The zero-order valence-electron chi connectivity index (χ0n) is 10.6. The Hall–Kier alpha value is -0.350. The topological polar surface area (TPSA) is 29.9 Å². The molecule has 2 unspecified atom stereocenters. The summed E-state index contributed by atoms with van der Waals surface area (Å²) in [6.07, 6.45) is 1.14. The maximum absolute atomic E-state index is 4.44. The van der Waals surface area contributed by atoms with Gasteiger partial charge >= 0.3 is 0 Å². The number of hydrogen-bond donors (Lipinski definition) is 1. The summed E-state index contributed by atoms with van der Waals surface area (Å²) < 4.78 is 2.06. The Morgan fingerprint density at radius 3 is 2.75 bits per heavy atom. The lowest BCUT2D eigenvalue weighted by molar-refractivity contribution is 0.493. The Kier molecular flexibility index (Phi) is 5.49. The molecule has 3 nitrogen and oxygen atoms in total. The van der Waals surface area contributed by atoms with Crippen LogP contribution < -0.4 is 5.32 Å². The Morgan fingerprint density at radius 2 is 2.19 bits per heavy atom. The molecule has 1 aromatic rings. The molecular formula is C12H22BrN3. The molecule has 0 saturated heterocycles. The molecule has 4 heteroatoms. The largest absolute Gasteiger partial charge is 0.309 e. The van der Waals surface area contributed by atoms with Crippen LogP contribution in [0.15, 0.2) is 6.07 Å². The standard InChI is InChI=1S/C12H22BrN3/c1-5-16-12(7-11(4)15-16)8-14-10(3)6-9(2)13/h7,9-10,14H,5-6,8H2,1-4H3. The number of rotatable bonds is 6. The van der Waals surface area contributed by atoms with Gasteiger partial charge in [-0.05, 0) is 33.3 Å². The Balaban J connectivity index is 2.47. The number of halogens is 1. The van der Waals surface area contributed by atoms with Crippen molar-refractivity contribution in [3.63, 3.8) is 0 Å². The third-order valence-electron chi connectivity index (χ3n) is 2.60. The van der Waals surface area contributed by atoms with Gasteiger partial charge < -0.3 is 5.32 Å². The predicted molar refractivity (Wildman–Crippen MR) is 71.9 cm³/mol. The second kappa shape index (κ2) is 6.40. The van der Waals surface area contributed by atoms with Crippen molar-refractivity contribution in [1.29, 1.82) is 0 Å². The minimum Gasteiger partial charge on any atom is -0.309 e. The van der Waals surface area contributed by atoms with Crippen LogP contribution in [0.4, 0.5) is 0 Å². The van der Waals surface area contributed by atoms with Crippen LogP contribution in [-0.2, 0) is 13.1 Å². The minimum absolute atomic E-state index is 0.523. The van der Waals surface area contributed by atoms with Crippen molar-refractivity contribution in [2.45, 2.75) is 58.1 Å². The highest BCUT2D eigenvalue weighted by molar-refractivity contribution is 9.09. The molecule has 1 aromatic heterocycles. The maximum Gasteiger partial charge on any atom is 0.0597 e. The predicted octanol–water partition coefficient (Wildman–Crippen LogP) is 2.86. The van der Waals surface area contributed by atoms with Crippen LogP contribution >= 0.6 is 15.9 Å². The molecule has 0 aliphatic carbocycles. The minimum atomic E-state index is 0.523. The van der Waals surface area contributed by atoms with Gasteiger partial charge in [-0.25, -0.2) is 0 Å². The third kappa shape index (κ3) is 4.26. The van der Waals surface area contributed by atoms with E-state index in [2.05, 4.69) is 57.9 Å². The van der Waals surface area contributed by atoms with Gasteiger partial charge in [0.25, 0.3) is 0 Å². The molecular weight excluding hydrogens is 266 g/mol. The van der Waals surface area contributed by atoms with Gasteiger partial charge in [-0.15, -0.1) is 0 Å². The number of nitrogens with zero attached hydrogens (tertiary/aromatic N) is 2. The van der Waals surface area contributed by atoms with Gasteiger partial charge in [0.15, 0.2) is 0 Å². The maximum atomic E-state index is 4.44. The van der Waals surface area contributed by atoms with Crippen molar-refractivity contribution in [2.75, 3.05) is 0 Å². The van der Waals surface area contributed by atoms with Crippen molar-refractivity contribution in [3.8, 4) is 0 Å². The van der Waals surface area contributed by atoms with E-state index in [0.717, 1.165) is 25.2 Å². The highest BCUT2D eigenvalue weighted by Crippen LogP contribution is 2.08. The Morgan fingerprint density at radius 1 is 1.50 bits per heavy atom. The molecule has 0 spiro atoms. The van der Waals surface area contributed by atoms with Crippen LogP contribution in [0.5, 0.6) is 0 Å². The molecule has 2 atom stereocenters. The van der Waals surface area contributed by atoms with E-state index in [1.807, 2.05) is 6.92 Å². The molecule has 16 heavy (non-hydrogen) atoms. The van der Waals surface area contributed by atoms with E-state index >= 15 is 0 Å². The van der Waals surface area contributed by atoms with Crippen LogP contribution in [0.1, 0.15) is 38.6 Å². The van der Waals surface area contributed by atoms with Gasteiger partial charge in [0.05, 0.1) is 11.4 Å². The van der Waals surface area contributed by atoms with Gasteiger partial charge in [-0.3, -0.25) is 4.68 Å². The monoisotopic (exact) mass is 287 g/mol. The summed E-state index contributed by atoms with van der Waals surface area (Å²) in [5, 5.41) is 7.96. The Bertz CT molecular complexity index is 320. The first-order valence-electron chi connectivity index (χ1n) is 5.93. The van der Waals surface area contributed by atoms with Crippen molar-refractivity contribution in [1.82, 2.24) is 15.1 Å². The molecule has 0 aromatic carbocycles. The normalized spacial score (nSPS) is 15.1. The van der Waals surface area contributed by atoms with E-state index in [0.29, 0.717) is 10.9 Å². The van der Waals surface area contributed by atoms with E-state index in [-0.39, 0.29) is 0 Å². The van der Waals surface area contributed by atoms with E-state index in [1.165, 1.54) is 5.69 Å². The lowest BCUT2D eigenvalue weighted by Crippen LogP contribution is -2.28. The van der Waals surface area contributed by atoms with Gasteiger partial charge in [-0.1, -0.05) is 22.9 Å². The second-order valence-electron chi connectivity index (χ2n) is 4.39. The zero-order chi connectivity index (χ0) is 12.1. The third-order valence-corrected chi connectivity index (χ3v) is 2.97. The first-order valence-corrected chi connectivity index (χ1v) is 6.85. The number of nitrogens with one attached hydrogen (secondary N) is 1. The summed E-state index contributed by atoms with van der Waals surface area (Å²) in [6, 6.07) is 2.68. The van der Waals surface area contributed by atoms with Crippen LogP contribution in [-0.4, -0.2) is 20.6 Å². The fraction of sp³-hybridized carbons (Fsp3) is 0.750. The summed E-state index contributed by atoms with van der Waals surface area (Å²) in [6.45, 7) is 10.4. The number of alkyl halides is 1. The van der Waals surface area contributed by atoms with Crippen LogP contribution in [0.25, 0.3) is 0 Å². The summed E-state index contributed by atoms with van der Waals surface area (Å²) >= 11 is 3.58.